The van der Waals surface area contributed by atoms with Crippen LogP contribution >= 0.6 is 0 Å². The van der Waals surface area contributed by atoms with Crippen LogP contribution in [0.25, 0.3) is 0 Å². The summed E-state index contributed by atoms with van der Waals surface area (Å²) < 4.78 is 10.1. The molecular weight excluding hydrogens is 260 g/mol. The number of nitrogens with zero attached hydrogens (tertiary/aromatic N) is 2. The Bertz CT molecular complexity index is 368. The van der Waals surface area contributed by atoms with Gasteiger partial charge in [0.1, 0.15) is 0 Å². The van der Waals surface area contributed by atoms with Crippen molar-refractivity contribution in [2.75, 3.05) is 46.5 Å². The molecule has 0 aromatic rings. The van der Waals surface area contributed by atoms with Crippen LogP contribution in [0, 0.1) is 11.8 Å². The first-order valence-electron chi connectivity index (χ1n) is 7.23. The van der Waals surface area contributed by atoms with Gasteiger partial charge in [-0.1, -0.05) is 6.92 Å². The van der Waals surface area contributed by atoms with E-state index in [1.54, 1.807) is 0 Å². The summed E-state index contributed by atoms with van der Waals surface area (Å²) in [5, 5.41) is 0. The summed E-state index contributed by atoms with van der Waals surface area (Å²) >= 11 is 0. The predicted molar refractivity (Wildman–Crippen MR) is 73.1 cm³/mol. The molecule has 0 aliphatic carbocycles. The first kappa shape index (κ1) is 15.3. The van der Waals surface area contributed by atoms with Crippen molar-refractivity contribution in [1.29, 1.82) is 0 Å². The van der Waals surface area contributed by atoms with Gasteiger partial charge in [-0.15, -0.1) is 0 Å². The van der Waals surface area contributed by atoms with Gasteiger partial charge in [-0.05, 0) is 12.8 Å². The van der Waals surface area contributed by atoms with E-state index in [1.807, 2.05) is 18.7 Å². The molecule has 2 aliphatic rings. The number of rotatable bonds is 3. The first-order chi connectivity index (χ1) is 9.54. The van der Waals surface area contributed by atoms with Crippen molar-refractivity contribution in [3.8, 4) is 0 Å². The topological polar surface area (TPSA) is 59.1 Å². The fourth-order valence-corrected chi connectivity index (χ4v) is 2.98. The van der Waals surface area contributed by atoms with E-state index < -0.39 is 0 Å². The van der Waals surface area contributed by atoms with Crippen molar-refractivity contribution < 1.29 is 19.1 Å². The fraction of sp³-hybridized carbons (Fsp3) is 0.857. The average Bonchev–Trinajstić information content (AvgIpc) is 2.87. The maximum absolute atomic E-state index is 12.5. The molecule has 0 saturated carbocycles. The molecule has 20 heavy (non-hydrogen) atoms. The molecule has 2 aliphatic heterocycles. The van der Waals surface area contributed by atoms with Gasteiger partial charge in [-0.3, -0.25) is 14.5 Å². The Morgan fingerprint density at radius 3 is 2.50 bits per heavy atom. The Kier molecular flexibility index (Phi) is 4.99. The lowest BCUT2D eigenvalue weighted by atomic mass is 9.99. The molecule has 0 aromatic heterocycles. The lowest BCUT2D eigenvalue weighted by Gasteiger charge is -2.32. The molecule has 6 heteroatoms. The number of hydrogen-bond acceptors (Lipinski definition) is 5. The molecule has 114 valence electrons. The largest absolute Gasteiger partial charge is 0.469 e. The SMILES string of the molecule is COC(=O)C1CN(C(C)C(=O)N2CCOCC2)CC1C. The fourth-order valence-electron chi connectivity index (χ4n) is 2.98. The third-order valence-corrected chi connectivity index (χ3v) is 4.37. The molecule has 2 saturated heterocycles. The number of methoxy groups -OCH3 is 1. The molecule has 2 heterocycles. The van der Waals surface area contributed by atoms with E-state index in [0.29, 0.717) is 32.8 Å². The van der Waals surface area contributed by atoms with Gasteiger partial charge < -0.3 is 14.4 Å². The Hall–Kier alpha value is -1.14. The normalized spacial score (nSPS) is 29.2. The molecule has 3 unspecified atom stereocenters. The standard InChI is InChI=1S/C14H24N2O4/c1-10-8-16(9-12(10)14(18)19-3)11(2)13(17)15-4-6-20-7-5-15/h10-12H,4-9H2,1-3H3. The monoisotopic (exact) mass is 284 g/mol. The van der Waals surface area contributed by atoms with Crippen LogP contribution in [0.1, 0.15) is 13.8 Å². The summed E-state index contributed by atoms with van der Waals surface area (Å²) in [6, 6.07) is -0.190. The van der Waals surface area contributed by atoms with E-state index in [0.717, 1.165) is 6.54 Å². The quantitative estimate of drug-likeness (QED) is 0.681. The van der Waals surface area contributed by atoms with E-state index >= 15 is 0 Å². The highest BCUT2D eigenvalue weighted by Gasteiger charge is 2.39. The van der Waals surface area contributed by atoms with Crippen LogP contribution in [0.15, 0.2) is 0 Å². The number of amides is 1. The summed E-state index contributed by atoms with van der Waals surface area (Å²) in [5.74, 6) is 0.0550. The van der Waals surface area contributed by atoms with Crippen molar-refractivity contribution in [3.05, 3.63) is 0 Å². The summed E-state index contributed by atoms with van der Waals surface area (Å²) in [7, 11) is 1.42. The molecule has 2 rings (SSSR count). The van der Waals surface area contributed by atoms with Crippen molar-refractivity contribution >= 4 is 11.9 Å². The van der Waals surface area contributed by atoms with Crippen LogP contribution in [0.2, 0.25) is 0 Å². The summed E-state index contributed by atoms with van der Waals surface area (Å²) in [6.07, 6.45) is 0. The highest BCUT2D eigenvalue weighted by molar-refractivity contribution is 5.82. The van der Waals surface area contributed by atoms with Crippen LogP contribution in [0.4, 0.5) is 0 Å². The second-order valence-electron chi connectivity index (χ2n) is 5.67. The number of likely N-dealkylation sites (tertiary alicyclic amines) is 1. The molecule has 0 aromatic carbocycles. The summed E-state index contributed by atoms with van der Waals surface area (Å²) in [4.78, 5) is 28.1. The highest BCUT2D eigenvalue weighted by atomic mass is 16.5. The van der Waals surface area contributed by atoms with E-state index in [-0.39, 0.29) is 29.8 Å². The number of esters is 1. The van der Waals surface area contributed by atoms with Crippen LogP contribution in [-0.4, -0.2) is 74.2 Å². The molecule has 0 radical (unpaired) electrons. The van der Waals surface area contributed by atoms with Gasteiger partial charge in [-0.25, -0.2) is 0 Å². The summed E-state index contributed by atoms with van der Waals surface area (Å²) in [6.45, 7) is 7.86. The smallest absolute Gasteiger partial charge is 0.310 e. The van der Waals surface area contributed by atoms with Crippen molar-refractivity contribution in [2.24, 2.45) is 11.8 Å². The molecular formula is C14H24N2O4. The van der Waals surface area contributed by atoms with Crippen LogP contribution in [-0.2, 0) is 19.1 Å². The van der Waals surface area contributed by atoms with E-state index in [4.69, 9.17) is 9.47 Å². The second kappa shape index (κ2) is 6.54. The Balaban J connectivity index is 1.94. The van der Waals surface area contributed by atoms with Crippen molar-refractivity contribution in [1.82, 2.24) is 9.80 Å². The lowest BCUT2D eigenvalue weighted by Crippen LogP contribution is -2.50. The molecule has 2 fully saturated rings. The number of morpholine rings is 1. The third-order valence-electron chi connectivity index (χ3n) is 4.37. The zero-order valence-corrected chi connectivity index (χ0v) is 12.5. The molecule has 1 amide bonds. The minimum atomic E-state index is -0.190. The zero-order valence-electron chi connectivity index (χ0n) is 12.5. The minimum absolute atomic E-state index is 0.125. The minimum Gasteiger partial charge on any atom is -0.469 e. The van der Waals surface area contributed by atoms with Crippen LogP contribution in [0.3, 0.4) is 0 Å². The molecule has 6 nitrogen and oxygen atoms in total. The van der Waals surface area contributed by atoms with Gasteiger partial charge in [0.15, 0.2) is 0 Å². The third kappa shape index (κ3) is 3.12. The van der Waals surface area contributed by atoms with Gasteiger partial charge in [0.05, 0.1) is 32.3 Å². The maximum Gasteiger partial charge on any atom is 0.310 e. The number of hydrogen-bond donors (Lipinski definition) is 0. The Morgan fingerprint density at radius 1 is 1.25 bits per heavy atom. The highest BCUT2D eigenvalue weighted by Crippen LogP contribution is 2.26. The predicted octanol–water partition coefficient (Wildman–Crippen LogP) is -0.0254. The van der Waals surface area contributed by atoms with Crippen LogP contribution in [0.5, 0.6) is 0 Å². The molecule has 0 N–H and O–H groups in total. The number of carbonyl (C=O) groups is 2. The van der Waals surface area contributed by atoms with Gasteiger partial charge in [0.25, 0.3) is 0 Å². The second-order valence-corrected chi connectivity index (χ2v) is 5.67. The molecule has 0 bridgehead atoms. The number of ether oxygens (including phenoxy) is 2. The van der Waals surface area contributed by atoms with E-state index in [2.05, 4.69) is 4.90 Å². The van der Waals surface area contributed by atoms with Crippen LogP contribution < -0.4 is 0 Å². The molecule has 3 atom stereocenters. The summed E-state index contributed by atoms with van der Waals surface area (Å²) in [5.41, 5.74) is 0. The Morgan fingerprint density at radius 2 is 1.90 bits per heavy atom. The first-order valence-corrected chi connectivity index (χ1v) is 7.23. The van der Waals surface area contributed by atoms with Gasteiger partial charge in [-0.2, -0.15) is 0 Å². The van der Waals surface area contributed by atoms with Crippen molar-refractivity contribution in [3.63, 3.8) is 0 Å². The average molecular weight is 284 g/mol. The van der Waals surface area contributed by atoms with E-state index in [1.165, 1.54) is 7.11 Å². The zero-order chi connectivity index (χ0) is 14.7. The maximum atomic E-state index is 12.5. The van der Waals surface area contributed by atoms with E-state index in [9.17, 15) is 9.59 Å². The molecule has 0 spiro atoms. The van der Waals surface area contributed by atoms with Gasteiger partial charge >= 0.3 is 5.97 Å². The Labute approximate surface area is 120 Å². The number of carbonyl (C=O) groups excluding carboxylic acids is 2. The van der Waals surface area contributed by atoms with Gasteiger partial charge in [0.2, 0.25) is 5.91 Å². The van der Waals surface area contributed by atoms with Crippen molar-refractivity contribution in [2.45, 2.75) is 19.9 Å². The van der Waals surface area contributed by atoms with Gasteiger partial charge in [0, 0.05) is 26.2 Å². The lowest BCUT2D eigenvalue weighted by molar-refractivity contribution is -0.146.